The van der Waals surface area contributed by atoms with Crippen molar-refractivity contribution < 1.29 is 22.7 Å². The second-order valence-electron chi connectivity index (χ2n) is 6.34. The first-order chi connectivity index (χ1) is 14.3. The number of nitrogens with one attached hydrogen (secondary N) is 1. The Kier molecular flexibility index (Phi) is 7.99. The highest BCUT2D eigenvalue weighted by atomic mass is 32.2. The van der Waals surface area contributed by atoms with Crippen molar-refractivity contribution in [2.75, 3.05) is 24.3 Å². The van der Waals surface area contributed by atoms with Crippen LogP contribution in [0.1, 0.15) is 12.5 Å². The predicted molar refractivity (Wildman–Crippen MR) is 118 cm³/mol. The number of hydrogen-bond donors (Lipinski definition) is 1. The monoisotopic (exact) mass is 431 g/mol. The molecule has 9 heteroatoms. The molecule has 2 aromatic rings. The molecule has 0 spiro atoms. The van der Waals surface area contributed by atoms with Gasteiger partial charge >= 0.3 is 0 Å². The molecule has 0 saturated carbocycles. The Morgan fingerprint density at radius 1 is 1.17 bits per heavy atom. The van der Waals surface area contributed by atoms with E-state index in [0.717, 1.165) is 16.1 Å². The van der Waals surface area contributed by atoms with Gasteiger partial charge in [-0.15, -0.1) is 0 Å². The highest BCUT2D eigenvalue weighted by molar-refractivity contribution is 7.92. The SMILES string of the molecule is C=CCOc1ccc(/C=N\NC(=O)[C@H](C)N(c2ccc(OC)cc2)S(C)(=O)=O)cc1. The zero-order valence-corrected chi connectivity index (χ0v) is 17.9. The Balaban J connectivity index is 2.07. The average Bonchev–Trinajstić information content (AvgIpc) is 2.72. The molecule has 1 N–H and O–H groups in total. The lowest BCUT2D eigenvalue weighted by atomic mass is 10.2. The van der Waals surface area contributed by atoms with Gasteiger partial charge in [-0.2, -0.15) is 5.10 Å². The second kappa shape index (κ2) is 10.4. The first-order valence-electron chi connectivity index (χ1n) is 9.06. The van der Waals surface area contributed by atoms with Crippen molar-refractivity contribution in [1.82, 2.24) is 5.43 Å². The molecular formula is C21H25N3O5S. The number of carbonyl (C=O) groups excluding carboxylic acids is 1. The smallest absolute Gasteiger partial charge is 0.263 e. The van der Waals surface area contributed by atoms with Crippen LogP contribution in [0.25, 0.3) is 0 Å². The van der Waals surface area contributed by atoms with Gasteiger partial charge in [0.25, 0.3) is 5.91 Å². The number of benzene rings is 2. The lowest BCUT2D eigenvalue weighted by Crippen LogP contribution is -2.46. The second-order valence-corrected chi connectivity index (χ2v) is 8.20. The summed E-state index contributed by atoms with van der Waals surface area (Å²) in [5, 5.41) is 3.92. The molecule has 8 nitrogen and oxygen atoms in total. The topological polar surface area (TPSA) is 97.3 Å². The number of nitrogens with zero attached hydrogens (tertiary/aromatic N) is 2. The number of hydrazone groups is 1. The Hall–Kier alpha value is -3.33. The predicted octanol–water partition coefficient (Wildman–Crippen LogP) is 2.56. The van der Waals surface area contributed by atoms with Gasteiger partial charge in [0, 0.05) is 0 Å². The van der Waals surface area contributed by atoms with Crippen molar-refractivity contribution in [3.8, 4) is 11.5 Å². The molecule has 0 fully saturated rings. The lowest BCUT2D eigenvalue weighted by Gasteiger charge is -2.27. The van der Waals surface area contributed by atoms with Gasteiger partial charge in [0.2, 0.25) is 10.0 Å². The van der Waals surface area contributed by atoms with Crippen LogP contribution >= 0.6 is 0 Å². The maximum absolute atomic E-state index is 12.5. The van der Waals surface area contributed by atoms with Gasteiger partial charge < -0.3 is 9.47 Å². The summed E-state index contributed by atoms with van der Waals surface area (Å²) in [6.45, 7) is 5.48. The van der Waals surface area contributed by atoms with Crippen LogP contribution in [0.2, 0.25) is 0 Å². The van der Waals surface area contributed by atoms with Crippen LogP contribution in [0.3, 0.4) is 0 Å². The molecule has 2 rings (SSSR count). The number of carbonyl (C=O) groups is 1. The van der Waals surface area contributed by atoms with Crippen LogP contribution < -0.4 is 19.2 Å². The molecular weight excluding hydrogens is 406 g/mol. The maximum Gasteiger partial charge on any atom is 0.263 e. The summed E-state index contributed by atoms with van der Waals surface area (Å²) < 4.78 is 36.1. The normalized spacial score (nSPS) is 12.2. The van der Waals surface area contributed by atoms with E-state index in [9.17, 15) is 13.2 Å². The summed E-state index contributed by atoms with van der Waals surface area (Å²) in [4.78, 5) is 12.5. The number of amides is 1. The molecule has 30 heavy (non-hydrogen) atoms. The Bertz CT molecular complexity index is 986. The van der Waals surface area contributed by atoms with Crippen molar-refractivity contribution in [2.24, 2.45) is 5.10 Å². The third-order valence-electron chi connectivity index (χ3n) is 4.05. The minimum atomic E-state index is -3.71. The Morgan fingerprint density at radius 2 is 1.77 bits per heavy atom. The largest absolute Gasteiger partial charge is 0.497 e. The summed E-state index contributed by atoms with van der Waals surface area (Å²) in [7, 11) is -2.20. The van der Waals surface area contributed by atoms with Crippen LogP contribution in [-0.4, -0.2) is 46.6 Å². The highest BCUT2D eigenvalue weighted by Crippen LogP contribution is 2.23. The van der Waals surface area contributed by atoms with Gasteiger partial charge in [-0.1, -0.05) is 12.7 Å². The molecule has 0 aliphatic heterocycles. The summed E-state index contributed by atoms with van der Waals surface area (Å²) in [6.07, 6.45) is 4.15. The van der Waals surface area contributed by atoms with Gasteiger partial charge in [0.15, 0.2) is 0 Å². The molecule has 1 atom stereocenters. The Morgan fingerprint density at radius 3 is 2.30 bits per heavy atom. The number of rotatable bonds is 10. The molecule has 160 valence electrons. The Labute approximate surface area is 176 Å². The fraction of sp³-hybridized carbons (Fsp3) is 0.238. The summed E-state index contributed by atoms with van der Waals surface area (Å²) in [5.41, 5.74) is 3.47. The van der Waals surface area contributed by atoms with Crippen LogP contribution in [0, 0.1) is 0 Å². The van der Waals surface area contributed by atoms with Crippen molar-refractivity contribution in [2.45, 2.75) is 13.0 Å². The molecule has 2 aromatic carbocycles. The van der Waals surface area contributed by atoms with E-state index >= 15 is 0 Å². The zero-order valence-electron chi connectivity index (χ0n) is 17.1. The quantitative estimate of drug-likeness (QED) is 0.354. The van der Waals surface area contributed by atoms with E-state index in [2.05, 4.69) is 17.1 Å². The third-order valence-corrected chi connectivity index (χ3v) is 5.29. The number of ether oxygens (including phenoxy) is 2. The van der Waals surface area contributed by atoms with Crippen molar-refractivity contribution in [1.29, 1.82) is 0 Å². The van der Waals surface area contributed by atoms with Gasteiger partial charge in [-0.3, -0.25) is 9.10 Å². The molecule has 0 bridgehead atoms. The van der Waals surface area contributed by atoms with Crippen molar-refractivity contribution >= 4 is 27.8 Å². The molecule has 0 heterocycles. The lowest BCUT2D eigenvalue weighted by molar-refractivity contribution is -0.121. The molecule has 1 amide bonds. The minimum absolute atomic E-state index is 0.347. The van der Waals surface area contributed by atoms with Gasteiger partial charge in [0.05, 0.1) is 25.3 Å². The minimum Gasteiger partial charge on any atom is -0.497 e. The number of hydrogen-bond acceptors (Lipinski definition) is 6. The average molecular weight is 432 g/mol. The van der Waals surface area contributed by atoms with Crippen molar-refractivity contribution in [3.63, 3.8) is 0 Å². The van der Waals surface area contributed by atoms with Crippen molar-refractivity contribution in [3.05, 3.63) is 66.7 Å². The summed E-state index contributed by atoms with van der Waals surface area (Å²) >= 11 is 0. The number of methoxy groups -OCH3 is 1. The molecule has 0 radical (unpaired) electrons. The van der Waals surface area contributed by atoms with Gasteiger partial charge in [-0.05, 0) is 61.0 Å². The van der Waals surface area contributed by atoms with E-state index in [0.29, 0.717) is 23.8 Å². The van der Waals surface area contributed by atoms with E-state index in [-0.39, 0.29) is 0 Å². The molecule has 0 saturated heterocycles. The zero-order chi connectivity index (χ0) is 22.1. The summed E-state index contributed by atoms with van der Waals surface area (Å²) in [6, 6.07) is 12.5. The standard InChI is InChI=1S/C21H25N3O5S/c1-5-14-29-20-10-6-17(7-11-20)15-22-23-21(25)16(2)24(30(4,26)27)18-8-12-19(28-3)13-9-18/h5-13,15-16H,1,14H2,2-4H3,(H,23,25)/b22-15-/t16-/m0/s1. The van der Waals surface area contributed by atoms with E-state index in [1.165, 1.54) is 20.2 Å². The first-order valence-corrected chi connectivity index (χ1v) is 10.9. The van der Waals surface area contributed by atoms with E-state index in [4.69, 9.17) is 9.47 Å². The van der Waals surface area contributed by atoms with Gasteiger partial charge in [-0.25, -0.2) is 13.8 Å². The van der Waals surface area contributed by atoms with Crippen LogP contribution in [0.4, 0.5) is 5.69 Å². The van der Waals surface area contributed by atoms with E-state index in [1.54, 1.807) is 54.6 Å². The molecule has 0 aromatic heterocycles. The third kappa shape index (κ3) is 6.35. The van der Waals surface area contributed by atoms with Crippen LogP contribution in [0.15, 0.2) is 66.3 Å². The maximum atomic E-state index is 12.5. The number of anilines is 1. The molecule has 0 aliphatic rings. The fourth-order valence-corrected chi connectivity index (χ4v) is 3.78. The first kappa shape index (κ1) is 23.0. The van der Waals surface area contributed by atoms with E-state index in [1.807, 2.05) is 0 Å². The van der Waals surface area contributed by atoms with Crippen LogP contribution in [0.5, 0.6) is 11.5 Å². The molecule has 0 aliphatic carbocycles. The molecule has 0 unspecified atom stereocenters. The van der Waals surface area contributed by atoms with E-state index < -0.39 is 22.0 Å². The van der Waals surface area contributed by atoms with Crippen LogP contribution in [-0.2, 0) is 14.8 Å². The highest BCUT2D eigenvalue weighted by Gasteiger charge is 2.29. The van der Waals surface area contributed by atoms with Gasteiger partial charge in [0.1, 0.15) is 24.1 Å². The fourth-order valence-electron chi connectivity index (χ4n) is 2.61. The summed E-state index contributed by atoms with van der Waals surface area (Å²) in [5.74, 6) is 0.696. The number of sulfonamides is 1.